The molecule has 0 bridgehead atoms. The first-order valence-electron chi connectivity index (χ1n) is 9.11. The van der Waals surface area contributed by atoms with Crippen LogP contribution in [0, 0.1) is 0 Å². The molecule has 0 unspecified atom stereocenters. The van der Waals surface area contributed by atoms with Crippen LogP contribution in [0.4, 0.5) is 5.95 Å². The van der Waals surface area contributed by atoms with Crippen LogP contribution >= 0.6 is 0 Å². The van der Waals surface area contributed by atoms with E-state index in [1.165, 1.54) is 0 Å². The van der Waals surface area contributed by atoms with E-state index in [4.69, 9.17) is 0 Å². The zero-order chi connectivity index (χ0) is 18.6. The minimum absolute atomic E-state index is 0.0535. The van der Waals surface area contributed by atoms with Crippen LogP contribution in [0.3, 0.4) is 0 Å². The van der Waals surface area contributed by atoms with Crippen molar-refractivity contribution in [3.05, 3.63) is 60.7 Å². The lowest BCUT2D eigenvalue weighted by Crippen LogP contribution is -2.48. The zero-order valence-electron chi connectivity index (χ0n) is 15.2. The number of rotatable bonds is 4. The van der Waals surface area contributed by atoms with Crippen molar-refractivity contribution in [1.82, 2.24) is 24.8 Å². The second-order valence-electron chi connectivity index (χ2n) is 6.75. The summed E-state index contributed by atoms with van der Waals surface area (Å²) in [6.45, 7) is 1.63. The molecule has 7 nitrogen and oxygen atoms in total. The molecule has 0 spiro atoms. The van der Waals surface area contributed by atoms with E-state index in [0.717, 1.165) is 43.3 Å². The summed E-state index contributed by atoms with van der Waals surface area (Å²) in [5.41, 5.74) is 1.64. The molecule has 138 valence electrons. The number of aromatic nitrogens is 4. The van der Waals surface area contributed by atoms with Crippen LogP contribution in [0.1, 0.15) is 23.2 Å². The Morgan fingerprint density at radius 1 is 1.11 bits per heavy atom. The van der Waals surface area contributed by atoms with Crippen molar-refractivity contribution < 1.29 is 4.79 Å². The Morgan fingerprint density at radius 2 is 1.89 bits per heavy atom. The smallest absolute Gasteiger partial charge is 0.251 e. The number of carbonyl (C=O) groups excluding carboxylic acids is 1. The Bertz CT molecular complexity index is 906. The summed E-state index contributed by atoms with van der Waals surface area (Å²) in [5, 5.41) is 3.14. The highest BCUT2D eigenvalue weighted by Gasteiger charge is 2.23. The minimum atomic E-state index is -0.0535. The van der Waals surface area contributed by atoms with Gasteiger partial charge in [0.15, 0.2) is 0 Å². The molecular weight excluding hydrogens is 340 g/mol. The van der Waals surface area contributed by atoms with E-state index >= 15 is 0 Å². The van der Waals surface area contributed by atoms with E-state index < -0.39 is 0 Å². The summed E-state index contributed by atoms with van der Waals surface area (Å²) in [4.78, 5) is 27.7. The number of nitrogens with one attached hydrogen (secondary N) is 1. The van der Waals surface area contributed by atoms with E-state index in [9.17, 15) is 4.79 Å². The van der Waals surface area contributed by atoms with Crippen molar-refractivity contribution >= 4 is 11.9 Å². The van der Waals surface area contributed by atoms with Crippen LogP contribution in [0.15, 0.2) is 55.1 Å². The molecule has 1 aliphatic heterocycles. The van der Waals surface area contributed by atoms with Gasteiger partial charge in [-0.3, -0.25) is 4.79 Å². The third kappa shape index (κ3) is 3.81. The number of piperidine rings is 1. The average Bonchev–Trinajstić information content (AvgIpc) is 3.15. The first kappa shape index (κ1) is 17.2. The summed E-state index contributed by atoms with van der Waals surface area (Å²) in [6.07, 6.45) is 9.12. The molecule has 27 heavy (non-hydrogen) atoms. The lowest BCUT2D eigenvalue weighted by atomic mass is 10.0. The van der Waals surface area contributed by atoms with Gasteiger partial charge in [-0.2, -0.15) is 0 Å². The van der Waals surface area contributed by atoms with E-state index in [2.05, 4.69) is 25.2 Å². The van der Waals surface area contributed by atoms with Crippen LogP contribution in [0.5, 0.6) is 0 Å². The van der Waals surface area contributed by atoms with Crippen molar-refractivity contribution in [2.45, 2.75) is 18.9 Å². The van der Waals surface area contributed by atoms with E-state index in [-0.39, 0.29) is 11.9 Å². The van der Waals surface area contributed by atoms with E-state index in [1.807, 2.05) is 42.1 Å². The summed E-state index contributed by atoms with van der Waals surface area (Å²) in [5.74, 6) is 1.55. The van der Waals surface area contributed by atoms with Crippen molar-refractivity contribution in [2.75, 3.05) is 18.0 Å². The van der Waals surface area contributed by atoms with Crippen molar-refractivity contribution in [3.8, 4) is 11.4 Å². The summed E-state index contributed by atoms with van der Waals surface area (Å²) >= 11 is 0. The standard InChI is InChI=1S/C20H22N6O/c1-25-13-11-21-18(25)15-5-7-16(8-6-15)19(27)24-17-4-2-12-26(14-17)20-22-9-3-10-23-20/h3,5-11,13,17H,2,4,12,14H2,1H3,(H,24,27)/t17-/m1/s1. The highest BCUT2D eigenvalue weighted by molar-refractivity contribution is 5.94. The van der Waals surface area contributed by atoms with E-state index in [0.29, 0.717) is 5.56 Å². The monoisotopic (exact) mass is 362 g/mol. The third-order valence-electron chi connectivity index (χ3n) is 4.82. The number of anilines is 1. The summed E-state index contributed by atoms with van der Waals surface area (Å²) < 4.78 is 1.96. The van der Waals surface area contributed by atoms with Crippen LogP contribution in [-0.4, -0.2) is 44.6 Å². The predicted octanol–water partition coefficient (Wildman–Crippen LogP) is 2.28. The van der Waals surface area contributed by atoms with Gasteiger partial charge in [0.1, 0.15) is 5.82 Å². The number of imidazole rings is 1. The van der Waals surface area contributed by atoms with Gasteiger partial charge in [-0.15, -0.1) is 0 Å². The van der Waals surface area contributed by atoms with Gasteiger partial charge < -0.3 is 14.8 Å². The molecule has 2 aromatic heterocycles. The Morgan fingerprint density at radius 3 is 2.59 bits per heavy atom. The molecule has 1 amide bonds. The van der Waals surface area contributed by atoms with Crippen molar-refractivity contribution in [2.24, 2.45) is 7.05 Å². The van der Waals surface area contributed by atoms with Gasteiger partial charge in [0.2, 0.25) is 5.95 Å². The van der Waals surface area contributed by atoms with Gasteiger partial charge in [0.25, 0.3) is 5.91 Å². The van der Waals surface area contributed by atoms with E-state index in [1.54, 1.807) is 24.7 Å². The molecule has 1 atom stereocenters. The molecule has 3 heterocycles. The number of nitrogens with zero attached hydrogens (tertiary/aromatic N) is 5. The lowest BCUT2D eigenvalue weighted by Gasteiger charge is -2.33. The quantitative estimate of drug-likeness (QED) is 0.771. The minimum Gasteiger partial charge on any atom is -0.348 e. The number of hydrogen-bond acceptors (Lipinski definition) is 5. The van der Waals surface area contributed by atoms with Crippen LogP contribution in [-0.2, 0) is 7.05 Å². The highest BCUT2D eigenvalue weighted by atomic mass is 16.1. The lowest BCUT2D eigenvalue weighted by molar-refractivity contribution is 0.0933. The largest absolute Gasteiger partial charge is 0.348 e. The summed E-state index contributed by atoms with van der Waals surface area (Å²) in [7, 11) is 1.95. The molecule has 1 fully saturated rings. The maximum absolute atomic E-state index is 12.6. The fourth-order valence-corrected chi connectivity index (χ4v) is 3.41. The molecule has 7 heteroatoms. The Balaban J connectivity index is 1.41. The number of aryl methyl sites for hydroxylation is 1. The molecule has 1 saturated heterocycles. The number of hydrogen-bond donors (Lipinski definition) is 1. The summed E-state index contributed by atoms with van der Waals surface area (Å²) in [6, 6.07) is 9.45. The molecule has 0 saturated carbocycles. The highest BCUT2D eigenvalue weighted by Crippen LogP contribution is 2.18. The van der Waals surface area contributed by atoms with Crippen LogP contribution in [0.25, 0.3) is 11.4 Å². The fourth-order valence-electron chi connectivity index (χ4n) is 3.41. The Labute approximate surface area is 158 Å². The molecule has 1 N–H and O–H groups in total. The van der Waals surface area contributed by atoms with Crippen molar-refractivity contribution in [1.29, 1.82) is 0 Å². The number of amides is 1. The van der Waals surface area contributed by atoms with Gasteiger partial charge in [-0.05, 0) is 31.0 Å². The maximum Gasteiger partial charge on any atom is 0.251 e. The molecule has 1 aromatic carbocycles. The van der Waals surface area contributed by atoms with Gasteiger partial charge in [0, 0.05) is 62.1 Å². The Hall–Kier alpha value is -3.22. The average molecular weight is 362 g/mol. The SMILES string of the molecule is Cn1ccnc1-c1ccc(C(=O)N[C@@H]2CCCN(c3ncccn3)C2)cc1. The first-order valence-corrected chi connectivity index (χ1v) is 9.11. The Kier molecular flexibility index (Phi) is 4.82. The zero-order valence-corrected chi connectivity index (χ0v) is 15.2. The molecule has 0 aliphatic carbocycles. The van der Waals surface area contributed by atoms with Gasteiger partial charge >= 0.3 is 0 Å². The maximum atomic E-state index is 12.6. The molecule has 1 aliphatic rings. The van der Waals surface area contributed by atoms with Crippen molar-refractivity contribution in [3.63, 3.8) is 0 Å². The van der Waals surface area contributed by atoms with Gasteiger partial charge in [0.05, 0.1) is 0 Å². The molecule has 0 radical (unpaired) electrons. The van der Waals surface area contributed by atoms with Crippen LogP contribution in [0.2, 0.25) is 0 Å². The predicted molar refractivity (Wildman–Crippen MR) is 103 cm³/mol. The molecule has 4 rings (SSSR count). The third-order valence-corrected chi connectivity index (χ3v) is 4.82. The van der Waals surface area contributed by atoms with Gasteiger partial charge in [-0.1, -0.05) is 12.1 Å². The molecular formula is C20H22N6O. The number of carbonyl (C=O) groups is 1. The number of benzene rings is 1. The second kappa shape index (κ2) is 7.57. The van der Waals surface area contributed by atoms with Crippen LogP contribution < -0.4 is 10.2 Å². The van der Waals surface area contributed by atoms with Gasteiger partial charge in [-0.25, -0.2) is 15.0 Å². The second-order valence-corrected chi connectivity index (χ2v) is 6.75. The topological polar surface area (TPSA) is 75.9 Å². The first-order chi connectivity index (χ1) is 13.2. The molecule has 3 aromatic rings. The fraction of sp³-hybridized carbons (Fsp3) is 0.300. The normalized spacial score (nSPS) is 16.9.